The van der Waals surface area contributed by atoms with Crippen LogP contribution in [-0.4, -0.2) is 29.6 Å². The summed E-state index contributed by atoms with van der Waals surface area (Å²) in [7, 11) is -2.63. The maximum atomic E-state index is 11.3. The van der Waals surface area contributed by atoms with Gasteiger partial charge in [0, 0.05) is 0 Å². The van der Waals surface area contributed by atoms with E-state index in [2.05, 4.69) is 24.1 Å². The zero-order valence-electron chi connectivity index (χ0n) is 20.8. The molecule has 0 aromatic carbocycles. The molecule has 0 fully saturated rings. The van der Waals surface area contributed by atoms with E-state index in [4.69, 9.17) is 9.26 Å². The third kappa shape index (κ3) is 15.4. The Balaban J connectivity index is 3.59. The minimum atomic E-state index is -2.63. The molecule has 0 bridgehead atoms. The number of rotatable bonds is 22. The first-order chi connectivity index (χ1) is 14.3. The standard InChI is InChI=1S/C24H52AsO4P/c1-6-8-9-10-11-12-13-14-15-16-17-18-19-20-21-22-23-28-24(7-2,25(3,4)5)29-30(26)27/h25H,6-23H2,1-5H3/p+1. The first-order valence-electron chi connectivity index (χ1n) is 12.8. The molecule has 0 heterocycles. The van der Waals surface area contributed by atoms with Crippen molar-refractivity contribution in [2.75, 3.05) is 6.61 Å². The normalized spacial score (nSPS) is 15.2. The van der Waals surface area contributed by atoms with E-state index in [1.54, 1.807) is 0 Å². The van der Waals surface area contributed by atoms with Gasteiger partial charge in [0.15, 0.2) is 0 Å². The summed E-state index contributed by atoms with van der Waals surface area (Å²) >= 11 is -2.44. The van der Waals surface area contributed by atoms with Crippen molar-refractivity contribution in [2.24, 2.45) is 0 Å². The average Bonchev–Trinajstić information content (AvgIpc) is 2.68. The van der Waals surface area contributed by atoms with Crippen molar-refractivity contribution in [1.82, 2.24) is 0 Å². The van der Waals surface area contributed by atoms with Crippen molar-refractivity contribution in [3.05, 3.63) is 0 Å². The molecule has 4 nitrogen and oxygen atoms in total. The molecular formula is C24H53AsO4P+. The summed E-state index contributed by atoms with van der Waals surface area (Å²) in [6, 6.07) is 0. The van der Waals surface area contributed by atoms with Gasteiger partial charge >= 0.3 is 140 Å². The van der Waals surface area contributed by atoms with Gasteiger partial charge < -0.3 is 0 Å². The Kier molecular flexibility index (Phi) is 19.4. The van der Waals surface area contributed by atoms with Crippen LogP contribution in [0, 0.1) is 0 Å². The van der Waals surface area contributed by atoms with Gasteiger partial charge in [-0.05, 0) is 0 Å². The zero-order chi connectivity index (χ0) is 22.7. The van der Waals surface area contributed by atoms with Gasteiger partial charge in [0.1, 0.15) is 0 Å². The van der Waals surface area contributed by atoms with Gasteiger partial charge in [-0.1, -0.05) is 51.9 Å². The fraction of sp³-hybridized carbons (Fsp3) is 1.00. The Morgan fingerprint density at radius 3 is 1.37 bits per heavy atom. The molecule has 30 heavy (non-hydrogen) atoms. The fourth-order valence-electron chi connectivity index (χ4n) is 4.09. The van der Waals surface area contributed by atoms with Crippen LogP contribution in [0.3, 0.4) is 0 Å². The summed E-state index contributed by atoms with van der Waals surface area (Å²) in [4.78, 5) is 9.26. The number of hydrogen-bond acceptors (Lipinski definition) is 3. The summed E-state index contributed by atoms with van der Waals surface area (Å²) in [6.07, 6.45) is 22.2. The van der Waals surface area contributed by atoms with Crippen LogP contribution in [0.2, 0.25) is 17.1 Å². The van der Waals surface area contributed by atoms with Gasteiger partial charge in [0.25, 0.3) is 0 Å². The third-order valence-electron chi connectivity index (χ3n) is 6.17. The molecule has 0 aromatic rings. The van der Waals surface area contributed by atoms with E-state index in [0.29, 0.717) is 13.0 Å². The Morgan fingerprint density at radius 2 is 1.07 bits per heavy atom. The van der Waals surface area contributed by atoms with Crippen LogP contribution in [-0.2, 0) is 13.8 Å². The molecule has 0 amide bonds. The van der Waals surface area contributed by atoms with Gasteiger partial charge in [-0.25, -0.2) is 0 Å². The maximum absolute atomic E-state index is 11.3. The molecule has 0 rings (SSSR count). The van der Waals surface area contributed by atoms with Gasteiger partial charge in [0.05, 0.1) is 0 Å². The van der Waals surface area contributed by atoms with E-state index in [1.165, 1.54) is 96.3 Å². The van der Waals surface area contributed by atoms with Crippen LogP contribution in [0.25, 0.3) is 0 Å². The predicted octanol–water partition coefficient (Wildman–Crippen LogP) is 8.65. The first kappa shape index (κ1) is 30.5. The topological polar surface area (TPSA) is 55.8 Å². The van der Waals surface area contributed by atoms with Crippen molar-refractivity contribution in [1.29, 1.82) is 0 Å². The quantitative estimate of drug-likeness (QED) is 0.0684. The summed E-state index contributed by atoms with van der Waals surface area (Å²) in [5.74, 6) is 0. The molecule has 0 saturated carbocycles. The number of unbranched alkanes of at least 4 members (excludes halogenated alkanes) is 15. The van der Waals surface area contributed by atoms with Crippen LogP contribution in [0.1, 0.15) is 123 Å². The average molecular weight is 512 g/mol. The Hall–Kier alpha value is 0.538. The van der Waals surface area contributed by atoms with Crippen LogP contribution < -0.4 is 0 Å². The molecule has 2 atom stereocenters. The summed E-state index contributed by atoms with van der Waals surface area (Å²) in [5, 5.41) is 0. The van der Waals surface area contributed by atoms with Crippen LogP contribution >= 0.6 is 8.25 Å². The van der Waals surface area contributed by atoms with E-state index < -0.39 is 26.4 Å². The molecule has 0 spiro atoms. The van der Waals surface area contributed by atoms with E-state index in [1.807, 2.05) is 6.92 Å². The second-order valence-electron chi connectivity index (χ2n) is 9.84. The van der Waals surface area contributed by atoms with Gasteiger partial charge in [0.2, 0.25) is 0 Å². The third-order valence-corrected chi connectivity index (χ3v) is 13.0. The summed E-state index contributed by atoms with van der Waals surface area (Å²) in [6.45, 7) is 4.89. The summed E-state index contributed by atoms with van der Waals surface area (Å²) in [5.41, 5.74) is 6.53. The second kappa shape index (κ2) is 19.0. The molecule has 182 valence electrons. The van der Waals surface area contributed by atoms with Gasteiger partial charge in [-0.15, -0.1) is 0 Å². The molecule has 0 aliphatic heterocycles. The molecule has 0 radical (unpaired) electrons. The molecule has 0 aliphatic rings. The molecule has 0 aromatic heterocycles. The van der Waals surface area contributed by atoms with Crippen molar-refractivity contribution >= 4 is 21.8 Å². The molecule has 0 aliphatic carbocycles. The van der Waals surface area contributed by atoms with Crippen molar-refractivity contribution in [3.63, 3.8) is 0 Å². The van der Waals surface area contributed by atoms with Crippen molar-refractivity contribution in [3.8, 4) is 0 Å². The van der Waals surface area contributed by atoms with E-state index in [-0.39, 0.29) is 0 Å². The molecule has 2 unspecified atom stereocenters. The second-order valence-corrected chi connectivity index (χ2v) is 21.5. The number of ether oxygens (including phenoxy) is 1. The monoisotopic (exact) mass is 511 g/mol. The Bertz CT molecular complexity index is 415. The van der Waals surface area contributed by atoms with Gasteiger partial charge in [-0.2, -0.15) is 0 Å². The molecule has 6 heteroatoms. The van der Waals surface area contributed by atoms with E-state index in [0.717, 1.165) is 6.42 Å². The van der Waals surface area contributed by atoms with E-state index >= 15 is 0 Å². The zero-order valence-corrected chi connectivity index (χ0v) is 23.8. The Labute approximate surface area is 191 Å². The first-order valence-corrected chi connectivity index (χ1v) is 21.3. The minimum absolute atomic E-state index is 0.623. The summed E-state index contributed by atoms with van der Waals surface area (Å²) < 4.78 is 22.0. The SMILES string of the molecule is CCCCCCCCCCCCCCCCCCOC(CC)(O[P+](=O)O)[AsH](C)(C)C. The molecule has 1 N–H and O–H groups in total. The molecular weight excluding hydrogens is 458 g/mol. The number of hydrogen-bond donors (Lipinski definition) is 1. The van der Waals surface area contributed by atoms with Crippen LogP contribution in [0.4, 0.5) is 0 Å². The van der Waals surface area contributed by atoms with Crippen LogP contribution in [0.15, 0.2) is 0 Å². The predicted molar refractivity (Wildman–Crippen MR) is 134 cm³/mol. The van der Waals surface area contributed by atoms with Crippen molar-refractivity contribution in [2.45, 2.75) is 145 Å². The van der Waals surface area contributed by atoms with E-state index in [9.17, 15) is 9.46 Å². The van der Waals surface area contributed by atoms with Crippen LogP contribution in [0.5, 0.6) is 0 Å². The molecule has 0 saturated heterocycles. The van der Waals surface area contributed by atoms with Gasteiger partial charge in [-0.3, -0.25) is 0 Å². The van der Waals surface area contributed by atoms with Crippen molar-refractivity contribution < 1.29 is 18.7 Å². The fourth-order valence-corrected chi connectivity index (χ4v) is 10.4. The Morgan fingerprint density at radius 1 is 0.700 bits per heavy atom.